The number of fused-ring (bicyclic) bond motifs is 10. The third kappa shape index (κ3) is 17.3. The van der Waals surface area contributed by atoms with E-state index < -0.39 is 44.6 Å². The van der Waals surface area contributed by atoms with Gasteiger partial charge < -0.3 is 18.9 Å². The molecular weight excluding hydrogens is 1630 g/mol. The molecule has 0 spiro atoms. The van der Waals surface area contributed by atoms with Crippen molar-refractivity contribution in [3.63, 3.8) is 0 Å². The Balaban J connectivity index is 1.19. The second-order valence-electron chi connectivity index (χ2n) is 53.1. The number of rotatable bonds is 8. The van der Waals surface area contributed by atoms with Gasteiger partial charge in [0.15, 0.2) is 0 Å². The summed E-state index contributed by atoms with van der Waals surface area (Å²) in [6.45, 7) is 85.1. The van der Waals surface area contributed by atoms with Crippen LogP contribution in [0.15, 0.2) is 230 Å². The molecule has 4 heterocycles. The van der Waals surface area contributed by atoms with Gasteiger partial charge in [-0.25, -0.2) is 0 Å². The first-order valence-corrected chi connectivity index (χ1v) is 49.6. The van der Waals surface area contributed by atoms with Crippen molar-refractivity contribution in [3.05, 3.63) is 303 Å². The molecule has 698 valence electrons. The molecule has 135 heavy (non-hydrogen) atoms. The number of hydrogen-bond donors (Lipinski definition) is 0. The molecule has 4 nitrogen and oxygen atoms in total. The normalized spacial score (nSPS) is 15.1. The molecule has 0 saturated heterocycles. The molecule has 2 aromatic heterocycles. The molecular formula is C130H155BN4. The topological polar surface area (TPSA) is 16.3 Å². The molecule has 0 aliphatic carbocycles. The zero-order valence-electron chi connectivity index (χ0n) is 98.1. The molecule has 5 heteroatoms. The van der Waals surface area contributed by atoms with Crippen molar-refractivity contribution in [2.24, 2.45) is 0 Å². The van der Waals surface area contributed by atoms with E-state index in [-0.39, 0.29) is 126 Å². The molecule has 0 fully saturated rings. The average Bonchev–Trinajstić information content (AvgIpc) is 0.734. The summed E-state index contributed by atoms with van der Waals surface area (Å²) in [6, 6.07) is 66.8. The van der Waals surface area contributed by atoms with Gasteiger partial charge in [-0.15, -0.1) is 0 Å². The Labute approximate surface area is 826 Å². The summed E-state index contributed by atoms with van der Waals surface area (Å²) in [4.78, 5) is 4.90. The number of anilines is 6. The van der Waals surface area contributed by atoms with E-state index in [0.717, 1.165) is 122 Å². The molecule has 15 aromatic rings. The first-order chi connectivity index (χ1) is 65.9. The molecule has 2 aliphatic rings. The van der Waals surface area contributed by atoms with Gasteiger partial charge >= 0.3 is 0 Å². The van der Waals surface area contributed by atoms with Crippen LogP contribution < -0.4 is 26.2 Å². The Bertz CT molecular complexity index is 7700. The SMILES string of the molecule is [2H]c1c([2H])c(C(C)(C)C)c([2H])c([2H])c1-c1c([2H])c(C(C)(C)C)c([2H])c(-c2c([2H])c(C(C)(C)C)c([2H])c([2H])c2C(C)(C)C)c1N1c2cc(-n3c4ccc(C(C)(C)C)cc4c4cc(C(C)(C)C)ccc43)ccc2B2c3ccc(-n4c5ccc(C(C)(C)C)cc5c5cc(C(C)(C)C)ccc54)cc3N(c3c(-c4ccc(C(C)(C)C)cc4)cc(C(C)(C)C)cc3-c3ccc(C(C)(C)C)cc3C(C)(C)C)c3cc(C(C)(C)C)cc1c32. The van der Waals surface area contributed by atoms with E-state index in [0.29, 0.717) is 22.5 Å². The molecule has 13 aromatic carbocycles. The fourth-order valence-electron chi connectivity index (χ4n) is 20.2. The van der Waals surface area contributed by atoms with Crippen LogP contribution in [0.5, 0.6) is 0 Å². The Morgan fingerprint density at radius 2 is 0.533 bits per heavy atom. The van der Waals surface area contributed by atoms with Crippen LogP contribution in [-0.4, -0.2) is 15.8 Å². The highest BCUT2D eigenvalue weighted by molar-refractivity contribution is 7.00. The average molecular weight is 1790 g/mol. The van der Waals surface area contributed by atoms with E-state index in [4.69, 9.17) is 0 Å². The van der Waals surface area contributed by atoms with Gasteiger partial charge in [0.1, 0.15) is 0 Å². The highest BCUT2D eigenvalue weighted by Crippen LogP contribution is 2.59. The Hall–Kier alpha value is -10.9. The Morgan fingerprint density at radius 3 is 0.911 bits per heavy atom. The predicted octanol–water partition coefficient (Wildman–Crippen LogP) is 35.5. The van der Waals surface area contributed by atoms with E-state index in [1.807, 2.05) is 83.1 Å². The van der Waals surface area contributed by atoms with Crippen LogP contribution in [0, 0.1) is 0 Å². The van der Waals surface area contributed by atoms with E-state index in [9.17, 15) is 12.3 Å². The van der Waals surface area contributed by atoms with Crippen LogP contribution >= 0.6 is 0 Å². The smallest absolute Gasteiger partial charge is 0.252 e. The third-order valence-electron chi connectivity index (χ3n) is 28.8. The first kappa shape index (κ1) is 84.6. The van der Waals surface area contributed by atoms with Crippen molar-refractivity contribution in [3.8, 4) is 55.9 Å². The molecule has 0 radical (unpaired) electrons. The molecule has 17 rings (SSSR count). The van der Waals surface area contributed by atoms with Crippen LogP contribution in [0.2, 0.25) is 0 Å². The van der Waals surface area contributed by atoms with Gasteiger partial charge in [0.05, 0.1) is 45.8 Å². The van der Waals surface area contributed by atoms with E-state index >= 15 is 0 Å². The maximum absolute atomic E-state index is 12.0. The lowest BCUT2D eigenvalue weighted by molar-refractivity contribution is 0.569. The zero-order chi connectivity index (χ0) is 106. The lowest BCUT2D eigenvalue weighted by Gasteiger charge is -2.47. The van der Waals surface area contributed by atoms with E-state index in [1.165, 1.54) is 38.9 Å². The summed E-state index contributed by atoms with van der Waals surface area (Å²) >= 11 is 0. The summed E-state index contributed by atoms with van der Waals surface area (Å²) < 4.78 is 105. The number of hydrogen-bond acceptors (Lipinski definition) is 2. The molecule has 2 aliphatic heterocycles. The second kappa shape index (κ2) is 31.8. The van der Waals surface area contributed by atoms with Crippen molar-refractivity contribution < 1.29 is 12.3 Å². The van der Waals surface area contributed by atoms with Crippen molar-refractivity contribution in [2.75, 3.05) is 9.80 Å². The predicted molar refractivity (Wildman–Crippen MR) is 594 cm³/mol. The second-order valence-corrected chi connectivity index (χ2v) is 53.1. The van der Waals surface area contributed by atoms with Crippen LogP contribution in [0.3, 0.4) is 0 Å². The van der Waals surface area contributed by atoms with Crippen LogP contribution in [0.25, 0.3) is 99.5 Å². The number of aromatic nitrogens is 2. The van der Waals surface area contributed by atoms with E-state index in [1.54, 1.807) is 0 Å². The van der Waals surface area contributed by atoms with Crippen LogP contribution in [0.4, 0.5) is 34.1 Å². The van der Waals surface area contributed by atoms with Gasteiger partial charge in [-0.3, -0.25) is 0 Å². The van der Waals surface area contributed by atoms with Crippen molar-refractivity contribution >= 4 is 101 Å². The zero-order valence-corrected chi connectivity index (χ0v) is 89.1. The summed E-state index contributed by atoms with van der Waals surface area (Å²) in [6.07, 6.45) is 0. The fraction of sp³-hybridized carbons (Fsp3) is 0.400. The molecule has 0 bridgehead atoms. The van der Waals surface area contributed by atoms with Crippen LogP contribution in [0.1, 0.15) is 355 Å². The minimum Gasteiger partial charge on any atom is -0.310 e. The largest absolute Gasteiger partial charge is 0.310 e. The summed E-state index contributed by atoms with van der Waals surface area (Å²) in [5.74, 6) is 0. The Morgan fingerprint density at radius 1 is 0.207 bits per heavy atom. The maximum Gasteiger partial charge on any atom is 0.252 e. The molecule has 0 unspecified atom stereocenters. The van der Waals surface area contributed by atoms with Gasteiger partial charge in [-0.05, 0) is 291 Å². The first-order valence-electron chi connectivity index (χ1n) is 54.1. The van der Waals surface area contributed by atoms with Gasteiger partial charge in [0.25, 0.3) is 6.71 Å². The van der Waals surface area contributed by atoms with E-state index in [2.05, 4.69) is 382 Å². The molecule has 0 saturated carbocycles. The van der Waals surface area contributed by atoms with Gasteiger partial charge in [0.2, 0.25) is 0 Å². The molecule has 0 atom stereocenters. The summed E-state index contributed by atoms with van der Waals surface area (Å²) in [5.41, 5.74) is 22.2. The van der Waals surface area contributed by atoms with Crippen molar-refractivity contribution in [2.45, 2.75) is 340 Å². The minimum absolute atomic E-state index is 0.0370. The minimum atomic E-state index is -1.08. The van der Waals surface area contributed by atoms with Crippen LogP contribution in [-0.2, 0) is 70.4 Å². The third-order valence-corrected chi connectivity index (χ3v) is 28.8. The monoisotopic (exact) mass is 1790 g/mol. The fourth-order valence-corrected chi connectivity index (χ4v) is 20.2. The quantitative estimate of drug-likeness (QED) is 0.141. The van der Waals surface area contributed by atoms with Crippen molar-refractivity contribution in [1.82, 2.24) is 9.13 Å². The van der Waals surface area contributed by atoms with Crippen molar-refractivity contribution in [1.29, 1.82) is 0 Å². The number of nitrogens with zero attached hydrogens (tertiary/aromatic N) is 4. The standard InChI is InChI=1S/C130H155BN4/c1-118(2,3)80-44-40-78(41-45-80)94-69-88(126(25,26)27)71-101(93-56-48-87(125(22,23)24)73-104(93)130(37,38)39)116(94)134-111-76-91(132-107-60-50-83(121(10,11)12)65-97(107)98-66-84(122(13,14)15)51-61-108(98)132)54-58-105(111)131-106-59-55-92(133-109-62-52-85(123(16,17)18)67-99(109)100-68-86(124(19,20)21)53-63-110(100)133)77-112(106)135(114-75-90(128(31,32)33)74-113(134)115(114)131)117-95(79-42-46-81(47-43-79)119(4,5)6)70-89(127(28,29)30)72-102(117)96-64-82(120(7,8)9)49-57-103(96)129(34,35)36/h40-77H,1-39H3/i42D,43D,46D,47D,49D,57D,64D,70D,72D. The lowest BCUT2D eigenvalue weighted by Crippen LogP contribution is -2.61. The summed E-state index contributed by atoms with van der Waals surface area (Å²) in [7, 11) is 0. The van der Waals surface area contributed by atoms with Gasteiger partial charge in [0, 0.05) is 77.9 Å². The molecule has 0 amide bonds. The number of benzene rings is 13. The van der Waals surface area contributed by atoms with Gasteiger partial charge in [-0.2, -0.15) is 0 Å². The van der Waals surface area contributed by atoms with Gasteiger partial charge in [-0.1, -0.05) is 391 Å². The lowest BCUT2D eigenvalue weighted by atomic mass is 9.33. The molecule has 0 N–H and O–H groups in total. The highest BCUT2D eigenvalue weighted by Gasteiger charge is 2.48. The summed E-state index contributed by atoms with van der Waals surface area (Å²) in [5, 5.41) is 4.50. The Kier molecular flexibility index (Phi) is 20.0. The maximum atomic E-state index is 12.0. The highest BCUT2D eigenvalue weighted by atomic mass is 15.2.